The van der Waals surface area contributed by atoms with Gasteiger partial charge in [-0.15, -0.1) is 0 Å². The van der Waals surface area contributed by atoms with Gasteiger partial charge in [-0.25, -0.2) is 4.98 Å². The van der Waals surface area contributed by atoms with Gasteiger partial charge in [-0.05, 0) is 48.4 Å². The van der Waals surface area contributed by atoms with Crippen LogP contribution in [0, 0.1) is 0 Å². The molecule has 0 bridgehead atoms. The summed E-state index contributed by atoms with van der Waals surface area (Å²) in [6, 6.07) is 11.3. The molecule has 0 saturated heterocycles. The van der Waals surface area contributed by atoms with E-state index in [9.17, 15) is 4.79 Å². The fourth-order valence-corrected chi connectivity index (χ4v) is 2.17. The summed E-state index contributed by atoms with van der Waals surface area (Å²) in [7, 11) is 0. The van der Waals surface area contributed by atoms with Gasteiger partial charge >= 0.3 is 0 Å². The van der Waals surface area contributed by atoms with Crippen LogP contribution in [0.3, 0.4) is 0 Å². The zero-order valence-electron chi connectivity index (χ0n) is 12.0. The van der Waals surface area contributed by atoms with Crippen molar-refractivity contribution in [2.75, 3.05) is 6.54 Å². The molecule has 110 valence electrons. The molecule has 0 radical (unpaired) electrons. The lowest BCUT2D eigenvalue weighted by atomic mass is 10.1. The molecular formula is C17H16N4O. The van der Waals surface area contributed by atoms with Crippen LogP contribution in [-0.4, -0.2) is 27.0 Å². The number of benzene rings is 1. The Balaban J connectivity index is 1.56. The minimum atomic E-state index is -0.0637. The van der Waals surface area contributed by atoms with Crippen molar-refractivity contribution in [1.82, 2.24) is 19.9 Å². The molecule has 0 aliphatic heterocycles. The molecule has 3 aromatic rings. The average Bonchev–Trinajstić information content (AvgIpc) is 3.10. The smallest absolute Gasteiger partial charge is 0.251 e. The fraction of sp³-hybridized carbons (Fsp3) is 0.118. The number of pyridine rings is 1. The summed E-state index contributed by atoms with van der Waals surface area (Å²) in [6.07, 6.45) is 9.62. The highest BCUT2D eigenvalue weighted by atomic mass is 16.1. The number of carbonyl (C=O) groups is 1. The summed E-state index contributed by atoms with van der Waals surface area (Å²) in [4.78, 5) is 20.1. The van der Waals surface area contributed by atoms with Crippen molar-refractivity contribution in [3.8, 4) is 5.69 Å². The van der Waals surface area contributed by atoms with Gasteiger partial charge in [-0.1, -0.05) is 0 Å². The van der Waals surface area contributed by atoms with Gasteiger partial charge < -0.3 is 9.88 Å². The molecule has 0 fully saturated rings. The van der Waals surface area contributed by atoms with E-state index in [0.29, 0.717) is 12.1 Å². The topological polar surface area (TPSA) is 59.8 Å². The lowest BCUT2D eigenvalue weighted by Gasteiger charge is -2.07. The van der Waals surface area contributed by atoms with Crippen molar-refractivity contribution in [3.05, 3.63) is 78.6 Å². The van der Waals surface area contributed by atoms with Crippen LogP contribution in [0.4, 0.5) is 0 Å². The number of rotatable bonds is 5. The van der Waals surface area contributed by atoms with Gasteiger partial charge in [0.15, 0.2) is 0 Å². The summed E-state index contributed by atoms with van der Waals surface area (Å²) < 4.78 is 1.89. The fourth-order valence-electron chi connectivity index (χ4n) is 2.17. The van der Waals surface area contributed by atoms with Gasteiger partial charge in [0.25, 0.3) is 5.91 Å². The molecule has 22 heavy (non-hydrogen) atoms. The first-order chi connectivity index (χ1) is 10.8. The molecule has 0 atom stereocenters. The van der Waals surface area contributed by atoms with Crippen molar-refractivity contribution in [3.63, 3.8) is 0 Å². The number of amides is 1. The van der Waals surface area contributed by atoms with Crippen LogP contribution < -0.4 is 5.32 Å². The molecule has 1 N–H and O–H groups in total. The van der Waals surface area contributed by atoms with E-state index in [2.05, 4.69) is 15.3 Å². The number of hydrogen-bond donors (Lipinski definition) is 1. The molecule has 0 aliphatic rings. The number of hydrogen-bond acceptors (Lipinski definition) is 3. The van der Waals surface area contributed by atoms with Gasteiger partial charge in [0.1, 0.15) is 0 Å². The average molecular weight is 292 g/mol. The quantitative estimate of drug-likeness (QED) is 0.784. The molecule has 2 heterocycles. The summed E-state index contributed by atoms with van der Waals surface area (Å²) in [5.41, 5.74) is 2.79. The molecule has 0 spiro atoms. The number of imidazole rings is 1. The SMILES string of the molecule is O=C(NCCc1ccncc1)c1ccc(-n2ccnc2)cc1. The van der Waals surface area contributed by atoms with E-state index >= 15 is 0 Å². The van der Waals surface area contributed by atoms with Crippen LogP contribution in [-0.2, 0) is 6.42 Å². The lowest BCUT2D eigenvalue weighted by Crippen LogP contribution is -2.25. The maximum Gasteiger partial charge on any atom is 0.251 e. The van der Waals surface area contributed by atoms with E-state index in [4.69, 9.17) is 0 Å². The van der Waals surface area contributed by atoms with Crippen molar-refractivity contribution in [2.24, 2.45) is 0 Å². The summed E-state index contributed by atoms with van der Waals surface area (Å²) in [5.74, 6) is -0.0637. The molecule has 2 aromatic heterocycles. The molecule has 1 aromatic carbocycles. The predicted molar refractivity (Wildman–Crippen MR) is 83.8 cm³/mol. The van der Waals surface area contributed by atoms with E-state index in [-0.39, 0.29) is 5.91 Å². The molecule has 0 aliphatic carbocycles. The molecule has 5 nitrogen and oxygen atoms in total. The van der Waals surface area contributed by atoms with Crippen LogP contribution in [0.1, 0.15) is 15.9 Å². The molecule has 3 rings (SSSR count). The maximum absolute atomic E-state index is 12.1. The van der Waals surface area contributed by atoms with Crippen molar-refractivity contribution < 1.29 is 4.79 Å². The minimum absolute atomic E-state index is 0.0637. The van der Waals surface area contributed by atoms with Gasteiger partial charge in [0.05, 0.1) is 6.33 Å². The second-order valence-electron chi connectivity index (χ2n) is 4.88. The molecular weight excluding hydrogens is 276 g/mol. The van der Waals surface area contributed by atoms with Crippen LogP contribution in [0.5, 0.6) is 0 Å². The van der Waals surface area contributed by atoms with Gasteiger partial charge in [-0.2, -0.15) is 0 Å². The second-order valence-corrected chi connectivity index (χ2v) is 4.88. The second kappa shape index (κ2) is 6.67. The lowest BCUT2D eigenvalue weighted by molar-refractivity contribution is 0.0954. The number of nitrogens with zero attached hydrogens (tertiary/aromatic N) is 3. The van der Waals surface area contributed by atoms with E-state index in [1.165, 1.54) is 0 Å². The Morgan fingerprint density at radius 2 is 1.77 bits per heavy atom. The highest BCUT2D eigenvalue weighted by Gasteiger charge is 2.05. The third-order valence-electron chi connectivity index (χ3n) is 3.38. The van der Waals surface area contributed by atoms with E-state index < -0.39 is 0 Å². The molecule has 0 unspecified atom stereocenters. The van der Waals surface area contributed by atoms with Crippen LogP contribution in [0.2, 0.25) is 0 Å². The third-order valence-corrected chi connectivity index (χ3v) is 3.38. The first-order valence-corrected chi connectivity index (χ1v) is 7.08. The zero-order valence-corrected chi connectivity index (χ0v) is 12.0. The van der Waals surface area contributed by atoms with Gasteiger partial charge in [0.2, 0.25) is 0 Å². The van der Waals surface area contributed by atoms with E-state index in [1.54, 1.807) is 24.9 Å². The predicted octanol–water partition coefficient (Wildman–Crippen LogP) is 2.24. The Morgan fingerprint density at radius 3 is 2.45 bits per heavy atom. The zero-order chi connectivity index (χ0) is 15.2. The summed E-state index contributed by atoms with van der Waals surface area (Å²) in [5, 5.41) is 2.92. The van der Waals surface area contributed by atoms with Crippen molar-refractivity contribution in [2.45, 2.75) is 6.42 Å². The van der Waals surface area contributed by atoms with Crippen LogP contribution in [0.25, 0.3) is 5.69 Å². The van der Waals surface area contributed by atoms with Gasteiger partial charge in [0, 0.05) is 42.6 Å². The highest BCUT2D eigenvalue weighted by molar-refractivity contribution is 5.94. The maximum atomic E-state index is 12.1. The molecule has 0 saturated carbocycles. The Morgan fingerprint density at radius 1 is 1.00 bits per heavy atom. The van der Waals surface area contributed by atoms with E-state index in [0.717, 1.165) is 17.7 Å². The number of carbonyl (C=O) groups excluding carboxylic acids is 1. The summed E-state index contributed by atoms with van der Waals surface area (Å²) >= 11 is 0. The van der Waals surface area contributed by atoms with Crippen molar-refractivity contribution in [1.29, 1.82) is 0 Å². The first kappa shape index (κ1) is 14.0. The van der Waals surface area contributed by atoms with E-state index in [1.807, 2.05) is 47.2 Å². The Labute approximate surface area is 128 Å². The largest absolute Gasteiger partial charge is 0.352 e. The molecule has 5 heteroatoms. The minimum Gasteiger partial charge on any atom is -0.352 e. The van der Waals surface area contributed by atoms with Gasteiger partial charge in [-0.3, -0.25) is 9.78 Å². The Bertz CT molecular complexity index is 721. The monoisotopic (exact) mass is 292 g/mol. The summed E-state index contributed by atoms with van der Waals surface area (Å²) in [6.45, 7) is 0.603. The van der Waals surface area contributed by atoms with Crippen LogP contribution >= 0.6 is 0 Å². The third kappa shape index (κ3) is 3.38. The number of nitrogens with one attached hydrogen (secondary N) is 1. The highest BCUT2D eigenvalue weighted by Crippen LogP contribution is 2.09. The Kier molecular flexibility index (Phi) is 4.25. The van der Waals surface area contributed by atoms with Crippen LogP contribution in [0.15, 0.2) is 67.5 Å². The number of aromatic nitrogens is 3. The standard InChI is InChI=1S/C17H16N4O/c22-17(20-10-7-14-5-8-18-9-6-14)15-1-3-16(4-2-15)21-12-11-19-13-21/h1-6,8-9,11-13H,7,10H2,(H,20,22). The Hall–Kier alpha value is -2.95. The normalized spacial score (nSPS) is 10.4. The molecule has 1 amide bonds. The van der Waals surface area contributed by atoms with Crippen molar-refractivity contribution >= 4 is 5.91 Å². The first-order valence-electron chi connectivity index (χ1n) is 7.08.